The summed E-state index contributed by atoms with van der Waals surface area (Å²) in [5, 5.41) is 0. The molecular weight excluding hydrogens is 402 g/mol. The lowest BCUT2D eigenvalue weighted by Crippen LogP contribution is -2.45. The molecule has 1 heterocycles. The quantitative estimate of drug-likeness (QED) is 0.634. The number of sulfonamides is 1. The Morgan fingerprint density at radius 3 is 2.64 bits per heavy atom. The van der Waals surface area contributed by atoms with Crippen LogP contribution in [0.15, 0.2) is 27.6 Å². The van der Waals surface area contributed by atoms with Crippen molar-refractivity contribution in [3.05, 3.63) is 28.2 Å². The molecule has 1 unspecified atom stereocenters. The van der Waals surface area contributed by atoms with Crippen molar-refractivity contribution in [2.45, 2.75) is 37.6 Å². The molecule has 0 saturated carbocycles. The van der Waals surface area contributed by atoms with E-state index in [1.54, 1.807) is 10.4 Å². The number of hydrogen-bond acceptors (Lipinski definition) is 4. The average molecular weight is 432 g/mol. The van der Waals surface area contributed by atoms with Gasteiger partial charge in [-0.1, -0.05) is 28.9 Å². The molecule has 0 radical (unpaired) electrons. The van der Waals surface area contributed by atoms with E-state index >= 15 is 0 Å². The fourth-order valence-electron chi connectivity index (χ4n) is 3.37. The Morgan fingerprint density at radius 1 is 1.28 bits per heavy atom. The zero-order valence-corrected chi connectivity index (χ0v) is 18.1. The van der Waals surface area contributed by atoms with Crippen LogP contribution in [0.1, 0.15) is 25.3 Å². The number of nitrogens with zero attached hydrogens (tertiary/aromatic N) is 3. The molecule has 2 rings (SSSR count). The van der Waals surface area contributed by atoms with Crippen molar-refractivity contribution in [2.24, 2.45) is 0 Å². The summed E-state index contributed by atoms with van der Waals surface area (Å²) in [6, 6.07) is 5.78. The summed E-state index contributed by atoms with van der Waals surface area (Å²) in [7, 11) is 0.432. The maximum Gasteiger partial charge on any atom is 0.243 e. The van der Waals surface area contributed by atoms with Gasteiger partial charge < -0.3 is 4.90 Å². The molecule has 1 aliphatic rings. The number of rotatable bonds is 8. The lowest BCUT2D eigenvalue weighted by atomic mass is 10.2. The largest absolute Gasteiger partial charge is 0.308 e. The number of aryl methyl sites for hydroxylation is 1. The second-order valence-corrected chi connectivity index (χ2v) is 9.82. The van der Waals surface area contributed by atoms with Crippen LogP contribution in [0.4, 0.5) is 0 Å². The van der Waals surface area contributed by atoms with Crippen molar-refractivity contribution in [1.82, 2.24) is 14.1 Å². The van der Waals surface area contributed by atoms with Gasteiger partial charge in [0.05, 0.1) is 4.90 Å². The summed E-state index contributed by atoms with van der Waals surface area (Å²) in [4.78, 5) is 4.83. The van der Waals surface area contributed by atoms with Crippen LogP contribution in [-0.4, -0.2) is 75.4 Å². The lowest BCUT2D eigenvalue weighted by Gasteiger charge is -2.31. The molecular formula is C18H30BrN3O2S. The van der Waals surface area contributed by atoms with E-state index in [2.05, 4.69) is 27.8 Å². The van der Waals surface area contributed by atoms with E-state index in [4.69, 9.17) is 0 Å². The molecule has 0 aliphatic carbocycles. The predicted molar refractivity (Wildman–Crippen MR) is 106 cm³/mol. The SMILES string of the molecule is CCN1CCCC1CN(CCN(C)C)S(=O)(=O)c1cc(Br)ccc1C. The van der Waals surface area contributed by atoms with Crippen molar-refractivity contribution in [3.8, 4) is 0 Å². The van der Waals surface area contributed by atoms with Crippen LogP contribution in [0.2, 0.25) is 0 Å². The van der Waals surface area contributed by atoms with Crippen molar-refractivity contribution in [2.75, 3.05) is 46.8 Å². The number of likely N-dealkylation sites (tertiary alicyclic amines) is 1. The lowest BCUT2D eigenvalue weighted by molar-refractivity contribution is 0.220. The minimum atomic E-state index is -3.52. The minimum absolute atomic E-state index is 0.314. The first kappa shape index (κ1) is 20.8. The fourth-order valence-corrected chi connectivity index (χ4v) is 5.60. The van der Waals surface area contributed by atoms with Crippen molar-refractivity contribution in [3.63, 3.8) is 0 Å². The van der Waals surface area contributed by atoms with Gasteiger partial charge in [-0.2, -0.15) is 4.31 Å². The number of hydrogen-bond donors (Lipinski definition) is 0. The molecule has 5 nitrogen and oxygen atoms in total. The Labute approximate surface area is 161 Å². The van der Waals surface area contributed by atoms with Gasteiger partial charge in [-0.05, 0) is 64.6 Å². The zero-order valence-electron chi connectivity index (χ0n) is 15.7. The Hall–Kier alpha value is -0.470. The van der Waals surface area contributed by atoms with Crippen LogP contribution in [-0.2, 0) is 10.0 Å². The third-order valence-electron chi connectivity index (χ3n) is 4.88. The van der Waals surface area contributed by atoms with Crippen LogP contribution < -0.4 is 0 Å². The summed E-state index contributed by atoms with van der Waals surface area (Å²) in [6.07, 6.45) is 2.22. The molecule has 1 aromatic rings. The normalized spacial score (nSPS) is 19.2. The molecule has 142 valence electrons. The monoisotopic (exact) mass is 431 g/mol. The maximum atomic E-state index is 13.4. The molecule has 0 amide bonds. The van der Waals surface area contributed by atoms with Crippen LogP contribution in [0.25, 0.3) is 0 Å². The fraction of sp³-hybridized carbons (Fsp3) is 0.667. The molecule has 7 heteroatoms. The van der Waals surface area contributed by atoms with Gasteiger partial charge in [0.2, 0.25) is 10.0 Å². The molecule has 1 saturated heterocycles. The van der Waals surface area contributed by atoms with Crippen LogP contribution in [0.5, 0.6) is 0 Å². The summed E-state index contributed by atoms with van der Waals surface area (Å²) in [6.45, 7) is 7.84. The van der Waals surface area contributed by atoms with Crippen molar-refractivity contribution >= 4 is 26.0 Å². The molecule has 0 aromatic heterocycles. The van der Waals surface area contributed by atoms with E-state index in [9.17, 15) is 8.42 Å². The summed E-state index contributed by atoms with van der Waals surface area (Å²) >= 11 is 3.41. The zero-order chi connectivity index (χ0) is 18.6. The Bertz CT molecular complexity index is 679. The molecule has 1 atom stereocenters. The van der Waals surface area contributed by atoms with Crippen molar-refractivity contribution < 1.29 is 8.42 Å². The highest BCUT2D eigenvalue weighted by Gasteiger charge is 2.32. The summed E-state index contributed by atoms with van der Waals surface area (Å²) in [5.41, 5.74) is 0.789. The van der Waals surface area contributed by atoms with Gasteiger partial charge in [-0.25, -0.2) is 8.42 Å². The molecule has 1 aliphatic heterocycles. The van der Waals surface area contributed by atoms with Crippen LogP contribution >= 0.6 is 15.9 Å². The van der Waals surface area contributed by atoms with E-state index in [0.717, 1.165) is 36.0 Å². The van der Waals surface area contributed by atoms with E-state index < -0.39 is 10.0 Å². The Morgan fingerprint density at radius 2 is 2.00 bits per heavy atom. The highest BCUT2D eigenvalue weighted by atomic mass is 79.9. The molecule has 1 aromatic carbocycles. The van der Waals surface area contributed by atoms with Crippen LogP contribution in [0, 0.1) is 6.92 Å². The summed E-state index contributed by atoms with van der Waals surface area (Å²) in [5.74, 6) is 0. The van der Waals surface area contributed by atoms with Gasteiger partial charge in [0.1, 0.15) is 0 Å². The summed E-state index contributed by atoms with van der Waals surface area (Å²) < 4.78 is 29.2. The van der Waals surface area contributed by atoms with Gasteiger partial charge in [0.15, 0.2) is 0 Å². The number of likely N-dealkylation sites (N-methyl/N-ethyl adjacent to an activating group) is 2. The molecule has 0 spiro atoms. The smallest absolute Gasteiger partial charge is 0.243 e. The topological polar surface area (TPSA) is 43.9 Å². The number of benzene rings is 1. The highest BCUT2D eigenvalue weighted by Crippen LogP contribution is 2.26. The molecule has 0 bridgehead atoms. The standard InChI is InChI=1S/C18H30BrN3O2S/c1-5-21-10-6-7-17(21)14-22(12-11-20(3)4)25(23,24)18-13-16(19)9-8-15(18)2/h8-9,13,17H,5-7,10-12,14H2,1-4H3. The van der Waals surface area contributed by atoms with Gasteiger partial charge >= 0.3 is 0 Å². The van der Waals surface area contributed by atoms with E-state index in [-0.39, 0.29) is 0 Å². The van der Waals surface area contributed by atoms with E-state index in [1.807, 2.05) is 38.1 Å². The predicted octanol–water partition coefficient (Wildman–Crippen LogP) is 2.79. The van der Waals surface area contributed by atoms with Gasteiger partial charge in [0.25, 0.3) is 0 Å². The third-order valence-corrected chi connectivity index (χ3v) is 7.38. The molecule has 25 heavy (non-hydrogen) atoms. The van der Waals surface area contributed by atoms with Gasteiger partial charge in [-0.3, -0.25) is 4.90 Å². The third kappa shape index (κ3) is 5.26. The number of halogens is 1. The van der Waals surface area contributed by atoms with Gasteiger partial charge in [0, 0.05) is 30.1 Å². The first-order chi connectivity index (χ1) is 11.8. The first-order valence-electron chi connectivity index (χ1n) is 8.90. The second-order valence-electron chi connectivity index (χ2n) is 7.00. The Kier molecular flexibility index (Phi) is 7.46. The average Bonchev–Trinajstić information content (AvgIpc) is 3.00. The molecule has 1 fully saturated rings. The Balaban J connectivity index is 2.31. The second kappa shape index (κ2) is 8.95. The van der Waals surface area contributed by atoms with E-state index in [1.165, 1.54) is 0 Å². The molecule has 0 N–H and O–H groups in total. The van der Waals surface area contributed by atoms with Crippen molar-refractivity contribution in [1.29, 1.82) is 0 Å². The van der Waals surface area contributed by atoms with Crippen LogP contribution in [0.3, 0.4) is 0 Å². The first-order valence-corrected chi connectivity index (χ1v) is 11.1. The highest BCUT2D eigenvalue weighted by molar-refractivity contribution is 9.10. The van der Waals surface area contributed by atoms with E-state index in [0.29, 0.717) is 30.6 Å². The minimum Gasteiger partial charge on any atom is -0.308 e. The van der Waals surface area contributed by atoms with Gasteiger partial charge in [-0.15, -0.1) is 0 Å². The maximum absolute atomic E-state index is 13.4.